The lowest BCUT2D eigenvalue weighted by molar-refractivity contribution is -0.133. The number of piperidine rings is 1. The number of likely N-dealkylation sites (tertiary alicyclic amines) is 2. The van der Waals surface area contributed by atoms with Crippen LogP contribution in [-0.2, 0) is 16.1 Å². The van der Waals surface area contributed by atoms with E-state index in [1.165, 1.54) is 16.5 Å². The van der Waals surface area contributed by atoms with E-state index >= 15 is 0 Å². The quantitative estimate of drug-likeness (QED) is 0.897. The van der Waals surface area contributed by atoms with Crippen LogP contribution >= 0.6 is 0 Å². The van der Waals surface area contributed by atoms with Crippen molar-refractivity contribution in [3.8, 4) is 0 Å². The van der Waals surface area contributed by atoms with Gasteiger partial charge in [-0.1, -0.05) is 18.2 Å². The number of H-pyrrole nitrogens is 1. The third kappa shape index (κ3) is 3.64. The van der Waals surface area contributed by atoms with Crippen molar-refractivity contribution in [1.82, 2.24) is 14.8 Å². The van der Waals surface area contributed by atoms with Gasteiger partial charge >= 0.3 is 0 Å². The molecule has 5 nitrogen and oxygen atoms in total. The Bertz CT molecular complexity index is 751. The monoisotopic (exact) mass is 355 g/mol. The summed E-state index contributed by atoms with van der Waals surface area (Å²) >= 11 is 0. The largest absolute Gasteiger partial charge is 0.381 e. The molecule has 140 valence electrons. The molecule has 0 saturated carbocycles. The Labute approximate surface area is 155 Å². The number of benzene rings is 1. The highest BCUT2D eigenvalue weighted by Gasteiger charge is 2.32. The van der Waals surface area contributed by atoms with E-state index in [1.54, 1.807) is 7.11 Å². The second-order valence-electron chi connectivity index (χ2n) is 7.71. The Morgan fingerprint density at radius 3 is 2.85 bits per heavy atom. The average molecular weight is 355 g/mol. The van der Waals surface area contributed by atoms with Crippen LogP contribution in [0.5, 0.6) is 0 Å². The van der Waals surface area contributed by atoms with Gasteiger partial charge in [0.05, 0.1) is 6.10 Å². The van der Waals surface area contributed by atoms with Crippen molar-refractivity contribution in [3.63, 3.8) is 0 Å². The molecule has 4 rings (SSSR count). The number of carbonyl (C=O) groups is 1. The highest BCUT2D eigenvalue weighted by molar-refractivity contribution is 5.83. The molecule has 1 amide bonds. The van der Waals surface area contributed by atoms with Crippen LogP contribution in [0, 0.1) is 5.92 Å². The fourth-order valence-corrected chi connectivity index (χ4v) is 4.56. The van der Waals surface area contributed by atoms with E-state index in [2.05, 4.69) is 40.3 Å². The molecule has 0 unspecified atom stereocenters. The molecule has 26 heavy (non-hydrogen) atoms. The highest BCUT2D eigenvalue weighted by atomic mass is 16.5. The number of nitrogens with zero attached hydrogens (tertiary/aromatic N) is 2. The van der Waals surface area contributed by atoms with Gasteiger partial charge in [0, 0.05) is 69.3 Å². The Balaban J connectivity index is 1.42. The zero-order chi connectivity index (χ0) is 17.9. The summed E-state index contributed by atoms with van der Waals surface area (Å²) in [6.45, 7) is 4.74. The third-order valence-corrected chi connectivity index (χ3v) is 6.02. The van der Waals surface area contributed by atoms with Crippen molar-refractivity contribution in [2.45, 2.75) is 38.3 Å². The lowest BCUT2D eigenvalue weighted by Gasteiger charge is -2.38. The van der Waals surface area contributed by atoms with Crippen LogP contribution < -0.4 is 0 Å². The predicted octanol–water partition coefficient (Wildman–Crippen LogP) is 3.02. The van der Waals surface area contributed by atoms with Gasteiger partial charge in [-0.2, -0.15) is 0 Å². The fourth-order valence-electron chi connectivity index (χ4n) is 4.56. The number of carbonyl (C=O) groups excluding carboxylic acids is 1. The second-order valence-corrected chi connectivity index (χ2v) is 7.71. The van der Waals surface area contributed by atoms with E-state index in [1.807, 2.05) is 4.90 Å². The molecule has 0 spiro atoms. The predicted molar refractivity (Wildman–Crippen MR) is 103 cm³/mol. The summed E-state index contributed by atoms with van der Waals surface area (Å²) in [4.78, 5) is 20.5. The minimum Gasteiger partial charge on any atom is -0.381 e. The molecule has 0 bridgehead atoms. The van der Waals surface area contributed by atoms with Crippen LogP contribution in [0.1, 0.15) is 31.2 Å². The van der Waals surface area contributed by atoms with Crippen LogP contribution in [0.3, 0.4) is 0 Å². The number of fused-ring (bicyclic) bond motifs is 1. The van der Waals surface area contributed by atoms with Crippen molar-refractivity contribution in [1.29, 1.82) is 0 Å². The molecule has 2 fully saturated rings. The maximum Gasteiger partial charge on any atom is 0.222 e. The van der Waals surface area contributed by atoms with E-state index in [4.69, 9.17) is 4.74 Å². The minimum atomic E-state index is 0.195. The number of nitrogens with one attached hydrogen (secondary N) is 1. The maximum atomic E-state index is 12.6. The van der Waals surface area contributed by atoms with Gasteiger partial charge in [0.2, 0.25) is 5.91 Å². The van der Waals surface area contributed by atoms with E-state index < -0.39 is 0 Å². The first kappa shape index (κ1) is 17.6. The standard InChI is InChI=1S/C21H29N3O2/c1-26-20-8-11-23(14-16(20)12-21(25)24-9-4-5-10-24)15-17-13-22-19-7-3-2-6-18(17)19/h2-3,6-7,13,16,20,22H,4-5,8-12,14-15H2,1H3/t16-,20-/m1/s1. The maximum absolute atomic E-state index is 12.6. The second kappa shape index (κ2) is 7.80. The summed E-state index contributed by atoms with van der Waals surface area (Å²) in [5.74, 6) is 0.593. The summed E-state index contributed by atoms with van der Waals surface area (Å²) in [6, 6.07) is 8.45. The van der Waals surface area contributed by atoms with Crippen molar-refractivity contribution in [2.75, 3.05) is 33.3 Å². The van der Waals surface area contributed by atoms with Gasteiger partial charge in [-0.15, -0.1) is 0 Å². The molecule has 2 aromatic rings. The Hall–Kier alpha value is -1.85. The number of aromatic nitrogens is 1. The molecular weight excluding hydrogens is 326 g/mol. The molecule has 3 heterocycles. The van der Waals surface area contributed by atoms with E-state index in [-0.39, 0.29) is 12.0 Å². The first-order valence-electron chi connectivity index (χ1n) is 9.82. The number of ether oxygens (including phenoxy) is 1. The zero-order valence-corrected chi connectivity index (χ0v) is 15.6. The van der Waals surface area contributed by atoms with Crippen LogP contribution in [0.4, 0.5) is 0 Å². The lowest BCUT2D eigenvalue weighted by atomic mass is 9.90. The molecular formula is C21H29N3O2. The molecule has 1 aromatic carbocycles. The van der Waals surface area contributed by atoms with E-state index in [0.29, 0.717) is 12.3 Å². The van der Waals surface area contributed by atoms with Gasteiger partial charge in [-0.3, -0.25) is 9.69 Å². The summed E-state index contributed by atoms with van der Waals surface area (Å²) in [6.07, 6.45) is 6.23. The van der Waals surface area contributed by atoms with Crippen molar-refractivity contribution in [2.24, 2.45) is 5.92 Å². The number of aromatic amines is 1. The summed E-state index contributed by atoms with van der Waals surface area (Å²) in [5, 5.41) is 1.30. The molecule has 2 atom stereocenters. The molecule has 0 aliphatic carbocycles. The summed E-state index contributed by atoms with van der Waals surface area (Å²) in [5.41, 5.74) is 2.52. The van der Waals surface area contributed by atoms with Gasteiger partial charge in [-0.25, -0.2) is 0 Å². The molecule has 5 heteroatoms. The number of amides is 1. The minimum absolute atomic E-state index is 0.195. The SMILES string of the molecule is CO[C@@H]1CCN(Cc2c[nH]c3ccccc23)C[C@H]1CC(=O)N1CCCC1. The normalized spacial score (nSPS) is 24.4. The Morgan fingerprint density at radius 2 is 2.04 bits per heavy atom. The number of rotatable bonds is 5. The van der Waals surface area contributed by atoms with Crippen LogP contribution in [-0.4, -0.2) is 60.1 Å². The molecule has 2 aliphatic rings. The van der Waals surface area contributed by atoms with Gasteiger partial charge < -0.3 is 14.6 Å². The van der Waals surface area contributed by atoms with E-state index in [0.717, 1.165) is 52.0 Å². The lowest BCUT2D eigenvalue weighted by Crippen LogP contribution is -2.45. The highest BCUT2D eigenvalue weighted by Crippen LogP contribution is 2.27. The smallest absolute Gasteiger partial charge is 0.222 e. The summed E-state index contributed by atoms with van der Waals surface area (Å²) < 4.78 is 5.72. The average Bonchev–Trinajstić information content (AvgIpc) is 3.33. The summed E-state index contributed by atoms with van der Waals surface area (Å²) in [7, 11) is 1.79. The van der Waals surface area contributed by atoms with Crippen LogP contribution in [0.25, 0.3) is 10.9 Å². The first-order valence-corrected chi connectivity index (χ1v) is 9.82. The Kier molecular flexibility index (Phi) is 5.27. The third-order valence-electron chi connectivity index (χ3n) is 6.02. The molecule has 1 aromatic heterocycles. The number of methoxy groups -OCH3 is 1. The molecule has 2 saturated heterocycles. The van der Waals surface area contributed by atoms with Gasteiger partial charge in [0.25, 0.3) is 0 Å². The van der Waals surface area contributed by atoms with Crippen molar-refractivity contribution < 1.29 is 9.53 Å². The van der Waals surface area contributed by atoms with Crippen LogP contribution in [0.15, 0.2) is 30.5 Å². The zero-order valence-electron chi connectivity index (χ0n) is 15.6. The topological polar surface area (TPSA) is 48.6 Å². The Morgan fingerprint density at radius 1 is 1.23 bits per heavy atom. The van der Waals surface area contributed by atoms with Gasteiger partial charge in [0.15, 0.2) is 0 Å². The fraction of sp³-hybridized carbons (Fsp3) is 0.571. The molecule has 2 aliphatic heterocycles. The number of hydrogen-bond acceptors (Lipinski definition) is 3. The van der Waals surface area contributed by atoms with Gasteiger partial charge in [0.1, 0.15) is 0 Å². The van der Waals surface area contributed by atoms with Crippen molar-refractivity contribution >= 4 is 16.8 Å². The first-order chi connectivity index (χ1) is 12.7. The molecule has 1 N–H and O–H groups in total. The van der Waals surface area contributed by atoms with Gasteiger partial charge in [-0.05, 0) is 30.9 Å². The number of para-hydroxylation sites is 1. The molecule has 0 radical (unpaired) electrons. The van der Waals surface area contributed by atoms with Crippen molar-refractivity contribution in [3.05, 3.63) is 36.0 Å². The van der Waals surface area contributed by atoms with E-state index in [9.17, 15) is 4.79 Å². The van der Waals surface area contributed by atoms with Crippen LogP contribution in [0.2, 0.25) is 0 Å². The number of hydrogen-bond donors (Lipinski definition) is 1.